The summed E-state index contributed by atoms with van der Waals surface area (Å²) >= 11 is 0. The molecule has 0 aromatic carbocycles. The summed E-state index contributed by atoms with van der Waals surface area (Å²) in [5, 5.41) is 33.8. The fraction of sp³-hybridized carbons (Fsp3) is 0.500. The van der Waals surface area contributed by atoms with Crippen LogP contribution in [0.2, 0.25) is 0 Å². The van der Waals surface area contributed by atoms with Crippen molar-refractivity contribution >= 4 is 17.9 Å². The molecule has 0 aromatic rings. The Morgan fingerprint density at radius 3 is 1.31 bits per heavy atom. The monoisotopic (exact) mass is 442 g/mol. The van der Waals surface area contributed by atoms with Crippen LogP contribution in [-0.4, -0.2) is 43.9 Å². The second-order valence-electron chi connectivity index (χ2n) is 2.48. The molecule has 16 heavy (non-hydrogen) atoms. The van der Waals surface area contributed by atoms with E-state index >= 15 is 0 Å². The van der Waals surface area contributed by atoms with Crippen molar-refractivity contribution in [2.24, 2.45) is 0 Å². The Balaban J connectivity index is -0.0000000720. The Morgan fingerprint density at radius 2 is 1.19 bits per heavy atom. The molecule has 0 aliphatic heterocycles. The predicted molar refractivity (Wildman–Crippen MR) is 39.3 cm³/mol. The largest absolute Gasteiger partial charge is 1.00 e. The number of carbonyl (C=O) groups is 3. The molecule has 0 fully saturated rings. The molecule has 10 heteroatoms. The fourth-order valence-corrected chi connectivity index (χ4v) is 0.714. The van der Waals surface area contributed by atoms with Gasteiger partial charge in [-0.05, 0) is 0 Å². The van der Waals surface area contributed by atoms with Gasteiger partial charge < -0.3 is 23.3 Å². The normalized spacial score (nSPS) is 8.81. The summed E-state index contributed by atoms with van der Waals surface area (Å²) < 4.78 is 0. The summed E-state index contributed by atoms with van der Waals surface area (Å²) in [4.78, 5) is 30.5. The Labute approximate surface area is 159 Å². The van der Waals surface area contributed by atoms with Crippen molar-refractivity contribution in [2.75, 3.05) is 0 Å². The number of carboxylic acids is 3. The third kappa shape index (κ3) is 10.5. The van der Waals surface area contributed by atoms with Gasteiger partial charge in [0.2, 0.25) is 0 Å². The van der Waals surface area contributed by atoms with E-state index in [1.54, 1.807) is 0 Å². The summed E-state index contributed by atoms with van der Waals surface area (Å²) in [6.07, 6.45) is -2.29. The smallest absolute Gasteiger partial charge is 1.00 e. The molecule has 0 saturated carbocycles. The van der Waals surface area contributed by atoms with Crippen LogP contribution in [0.1, 0.15) is 15.7 Å². The number of rotatable bonds is 5. The first-order valence-electron chi connectivity index (χ1n) is 3.17. The molecule has 0 aromatic heterocycles. The van der Waals surface area contributed by atoms with Gasteiger partial charge in [-0.2, -0.15) is 0 Å². The Hall–Kier alpha value is 1.31. The van der Waals surface area contributed by atoms with Gasteiger partial charge in [0.25, 0.3) is 0 Å². The van der Waals surface area contributed by atoms with Crippen molar-refractivity contribution in [3.63, 3.8) is 0 Å². The van der Waals surface area contributed by atoms with Gasteiger partial charge in [-0.25, -0.2) is 4.79 Å². The molecular formula is C6H10HgNa2O7. The van der Waals surface area contributed by atoms with Crippen LogP contribution in [0.25, 0.3) is 0 Å². The molecule has 0 aliphatic rings. The van der Waals surface area contributed by atoms with Crippen LogP contribution in [-0.2, 0) is 42.1 Å². The van der Waals surface area contributed by atoms with E-state index < -0.39 is 36.4 Å². The topological polar surface area (TPSA) is 132 Å². The van der Waals surface area contributed by atoms with Crippen LogP contribution in [0.15, 0.2) is 0 Å². The van der Waals surface area contributed by atoms with Gasteiger partial charge >= 0.3 is 77.0 Å². The first-order chi connectivity index (χ1) is 5.78. The molecule has 0 amide bonds. The van der Waals surface area contributed by atoms with Crippen LogP contribution in [0.5, 0.6) is 0 Å². The standard InChI is InChI=1S/C6H8O7.Hg.2Na.2H/c7-3(8)1-6(13,5(11)12)2-4(9)10;;;;;/h13H,1-2H2,(H,7,8)(H,9,10)(H,11,12);;;;;/q;;2*+1;2*-1. The number of hydrogen-bond acceptors (Lipinski definition) is 4. The van der Waals surface area contributed by atoms with Crippen molar-refractivity contribution in [3.8, 4) is 0 Å². The third-order valence-electron chi connectivity index (χ3n) is 1.29. The van der Waals surface area contributed by atoms with E-state index in [2.05, 4.69) is 0 Å². The van der Waals surface area contributed by atoms with Gasteiger partial charge in [-0.15, -0.1) is 0 Å². The van der Waals surface area contributed by atoms with Gasteiger partial charge in [-0.3, -0.25) is 9.59 Å². The Bertz CT molecular complexity index is 250. The van der Waals surface area contributed by atoms with Crippen LogP contribution in [0, 0.1) is 0 Å². The Kier molecular flexibility index (Phi) is 18.5. The zero-order valence-corrected chi connectivity index (χ0v) is 18.6. The SMILES string of the molecule is O=C(O)CC(O)(CC(=O)O)C(=O)O.[H-].[H-].[Hg].[Na+].[Na+]. The molecule has 0 spiro atoms. The van der Waals surface area contributed by atoms with Gasteiger partial charge in [-0.1, -0.05) is 0 Å². The van der Waals surface area contributed by atoms with Gasteiger partial charge in [0.15, 0.2) is 5.60 Å². The van der Waals surface area contributed by atoms with E-state index in [0.29, 0.717) is 0 Å². The van der Waals surface area contributed by atoms with Crippen molar-refractivity contribution in [2.45, 2.75) is 18.4 Å². The molecule has 7 nitrogen and oxygen atoms in total. The maximum Gasteiger partial charge on any atom is 1.00 e. The van der Waals surface area contributed by atoms with Crippen molar-refractivity contribution in [1.82, 2.24) is 0 Å². The molecule has 4 N–H and O–H groups in total. The summed E-state index contributed by atoms with van der Waals surface area (Å²) in [6, 6.07) is 0. The van der Waals surface area contributed by atoms with Crippen molar-refractivity contribution in [1.29, 1.82) is 0 Å². The number of carboxylic acid groups (broad SMARTS) is 3. The quantitative estimate of drug-likeness (QED) is 0.312. The van der Waals surface area contributed by atoms with E-state index in [4.69, 9.17) is 20.4 Å². The van der Waals surface area contributed by atoms with E-state index in [1.165, 1.54) is 0 Å². The van der Waals surface area contributed by atoms with Crippen LogP contribution < -0.4 is 59.1 Å². The summed E-state index contributed by atoms with van der Waals surface area (Å²) in [6.45, 7) is 0. The number of aliphatic carboxylic acids is 3. The van der Waals surface area contributed by atoms with E-state index in [-0.39, 0.29) is 89.6 Å². The van der Waals surface area contributed by atoms with Crippen molar-refractivity contribution in [3.05, 3.63) is 0 Å². The average molecular weight is 441 g/mol. The Morgan fingerprint density at radius 1 is 0.938 bits per heavy atom. The van der Waals surface area contributed by atoms with E-state index in [0.717, 1.165) is 0 Å². The molecule has 0 saturated heterocycles. The fourth-order valence-electron chi connectivity index (χ4n) is 0.714. The predicted octanol–water partition coefficient (Wildman–Crippen LogP) is -7.02. The van der Waals surface area contributed by atoms with E-state index in [9.17, 15) is 14.4 Å². The molecule has 0 heterocycles. The zero-order chi connectivity index (χ0) is 10.6. The first kappa shape index (κ1) is 26.0. The minimum absolute atomic E-state index is 0. The molecule has 0 rings (SSSR count). The van der Waals surface area contributed by atoms with Crippen molar-refractivity contribution < 1.29 is 124 Å². The second-order valence-corrected chi connectivity index (χ2v) is 2.48. The molecule has 0 radical (unpaired) electrons. The third-order valence-corrected chi connectivity index (χ3v) is 1.29. The van der Waals surface area contributed by atoms with Crippen LogP contribution in [0.3, 0.4) is 0 Å². The maximum atomic E-state index is 10.3. The van der Waals surface area contributed by atoms with Crippen LogP contribution in [0.4, 0.5) is 0 Å². The minimum atomic E-state index is -2.74. The zero-order valence-electron chi connectivity index (χ0n) is 11.1. The van der Waals surface area contributed by atoms with Crippen LogP contribution >= 0.6 is 0 Å². The van der Waals surface area contributed by atoms with Gasteiger partial charge in [0, 0.05) is 27.7 Å². The second kappa shape index (κ2) is 11.4. The molecule has 0 bridgehead atoms. The maximum absolute atomic E-state index is 10.3. The summed E-state index contributed by atoms with van der Waals surface area (Å²) in [5.74, 6) is -5.02. The summed E-state index contributed by atoms with van der Waals surface area (Å²) in [5.41, 5.74) is -2.74. The first-order valence-corrected chi connectivity index (χ1v) is 3.17. The van der Waals surface area contributed by atoms with Gasteiger partial charge in [0.05, 0.1) is 12.8 Å². The van der Waals surface area contributed by atoms with E-state index in [1.807, 2.05) is 0 Å². The molecule has 0 aliphatic carbocycles. The number of hydrogen-bond donors (Lipinski definition) is 4. The number of aliphatic hydroxyl groups is 1. The molecule has 80 valence electrons. The average Bonchev–Trinajstić information content (AvgIpc) is 1.82. The van der Waals surface area contributed by atoms with Gasteiger partial charge in [0.1, 0.15) is 0 Å². The molecule has 0 unspecified atom stereocenters. The summed E-state index contributed by atoms with van der Waals surface area (Å²) in [7, 11) is 0. The molecule has 0 atom stereocenters. The molecular weight excluding hydrogens is 431 g/mol. The minimum Gasteiger partial charge on any atom is -1.00 e.